The summed E-state index contributed by atoms with van der Waals surface area (Å²) in [7, 11) is 0. The van der Waals surface area contributed by atoms with E-state index in [9.17, 15) is 14.3 Å². The molecule has 0 spiro atoms. The monoisotopic (exact) mass is 254 g/mol. The number of nitrogens with one attached hydrogen (secondary N) is 1. The first-order chi connectivity index (χ1) is 7.99. The number of aromatic nitrogens is 2. The van der Waals surface area contributed by atoms with Gasteiger partial charge >= 0.3 is 0 Å². The lowest BCUT2D eigenvalue weighted by Gasteiger charge is -2.05. The van der Waals surface area contributed by atoms with Gasteiger partial charge in [0.2, 0.25) is 5.88 Å². The summed E-state index contributed by atoms with van der Waals surface area (Å²) >= 11 is 5.82. The Morgan fingerprint density at radius 1 is 1.47 bits per heavy atom. The number of aromatic hydroxyl groups is 1. The molecule has 4 nitrogen and oxygen atoms in total. The van der Waals surface area contributed by atoms with Crippen LogP contribution in [-0.2, 0) is 0 Å². The van der Waals surface area contributed by atoms with Crippen LogP contribution in [0, 0.1) is 12.7 Å². The second kappa shape index (κ2) is 4.18. The van der Waals surface area contributed by atoms with Gasteiger partial charge < -0.3 is 10.1 Å². The van der Waals surface area contributed by atoms with Gasteiger partial charge in [-0.2, -0.15) is 4.98 Å². The molecule has 6 heteroatoms. The van der Waals surface area contributed by atoms with Crippen molar-refractivity contribution in [3.8, 4) is 17.3 Å². The predicted octanol–water partition coefficient (Wildman–Crippen LogP) is 2.24. The minimum Gasteiger partial charge on any atom is -0.493 e. The maximum absolute atomic E-state index is 12.9. The number of benzene rings is 1. The first-order valence-corrected chi connectivity index (χ1v) is 5.12. The average molecular weight is 255 g/mol. The van der Waals surface area contributed by atoms with Crippen LogP contribution >= 0.6 is 11.6 Å². The number of rotatable bonds is 1. The number of hydrogen-bond donors (Lipinski definition) is 2. The molecule has 17 heavy (non-hydrogen) atoms. The summed E-state index contributed by atoms with van der Waals surface area (Å²) in [5.41, 5.74) is 0.000317. The van der Waals surface area contributed by atoms with Gasteiger partial charge in [0.25, 0.3) is 5.56 Å². The number of nitrogens with zero attached hydrogens (tertiary/aromatic N) is 1. The van der Waals surface area contributed by atoms with Crippen LogP contribution in [0.4, 0.5) is 4.39 Å². The molecule has 0 aliphatic carbocycles. The normalized spacial score (nSPS) is 10.5. The predicted molar refractivity (Wildman–Crippen MR) is 61.7 cm³/mol. The van der Waals surface area contributed by atoms with Crippen molar-refractivity contribution < 1.29 is 9.50 Å². The largest absolute Gasteiger partial charge is 0.493 e. The fraction of sp³-hybridized carbons (Fsp3) is 0.0909. The van der Waals surface area contributed by atoms with Gasteiger partial charge in [-0.1, -0.05) is 11.6 Å². The molecule has 2 rings (SSSR count). The van der Waals surface area contributed by atoms with Gasteiger partial charge in [0.15, 0.2) is 0 Å². The van der Waals surface area contributed by atoms with Crippen LogP contribution in [0.1, 0.15) is 5.56 Å². The Morgan fingerprint density at radius 3 is 2.76 bits per heavy atom. The number of aromatic amines is 1. The molecule has 0 radical (unpaired) electrons. The Hall–Kier alpha value is -1.88. The lowest BCUT2D eigenvalue weighted by atomic mass is 10.2. The summed E-state index contributed by atoms with van der Waals surface area (Å²) in [6.45, 7) is 1.44. The highest BCUT2D eigenvalue weighted by molar-refractivity contribution is 6.33. The molecule has 0 aliphatic rings. The highest BCUT2D eigenvalue weighted by atomic mass is 35.5. The zero-order valence-electron chi connectivity index (χ0n) is 8.79. The molecule has 2 N–H and O–H groups in total. The van der Waals surface area contributed by atoms with Gasteiger partial charge in [0.05, 0.1) is 10.6 Å². The zero-order chi connectivity index (χ0) is 12.6. The van der Waals surface area contributed by atoms with Gasteiger partial charge in [-0.15, -0.1) is 0 Å². The van der Waals surface area contributed by atoms with E-state index in [0.29, 0.717) is 5.56 Å². The molecule has 2 aromatic rings. The molecule has 0 saturated carbocycles. The number of H-pyrrole nitrogens is 1. The molecule has 0 aliphatic heterocycles. The molecule has 88 valence electrons. The van der Waals surface area contributed by atoms with Crippen molar-refractivity contribution in [3.05, 3.63) is 45.0 Å². The van der Waals surface area contributed by atoms with Gasteiger partial charge in [0.1, 0.15) is 11.6 Å². The highest BCUT2D eigenvalue weighted by Gasteiger charge is 2.11. The molecule has 0 saturated heterocycles. The molecular weight excluding hydrogens is 247 g/mol. The molecule has 1 aromatic heterocycles. The first kappa shape index (κ1) is 11.6. The van der Waals surface area contributed by atoms with Crippen LogP contribution in [0.25, 0.3) is 11.4 Å². The minimum atomic E-state index is -0.488. The smallest absolute Gasteiger partial charge is 0.257 e. The molecule has 1 aromatic carbocycles. The Balaban J connectivity index is 2.65. The van der Waals surface area contributed by atoms with E-state index in [1.165, 1.54) is 19.1 Å². The summed E-state index contributed by atoms with van der Waals surface area (Å²) in [6, 6.07) is 3.68. The third-order valence-corrected chi connectivity index (χ3v) is 2.62. The Morgan fingerprint density at radius 2 is 2.18 bits per heavy atom. The van der Waals surface area contributed by atoms with Crippen molar-refractivity contribution in [1.29, 1.82) is 0 Å². The lowest BCUT2D eigenvalue weighted by molar-refractivity contribution is 0.447. The summed E-state index contributed by atoms with van der Waals surface area (Å²) in [5, 5.41) is 9.55. The van der Waals surface area contributed by atoms with E-state index in [1.54, 1.807) is 0 Å². The molecular formula is C11H8ClFN2O2. The Kier molecular flexibility index (Phi) is 2.85. The molecule has 1 heterocycles. The van der Waals surface area contributed by atoms with Crippen molar-refractivity contribution in [3.63, 3.8) is 0 Å². The molecule has 0 unspecified atom stereocenters. The third kappa shape index (κ3) is 2.14. The van der Waals surface area contributed by atoms with E-state index in [-0.39, 0.29) is 22.3 Å². The first-order valence-electron chi connectivity index (χ1n) is 4.74. The SMILES string of the molecule is Cc1c(O)nc(-c2ccc(F)cc2Cl)[nH]c1=O. The van der Waals surface area contributed by atoms with Crippen LogP contribution in [0.15, 0.2) is 23.0 Å². The van der Waals surface area contributed by atoms with Crippen molar-refractivity contribution in [2.45, 2.75) is 6.92 Å². The summed E-state index contributed by atoms with van der Waals surface area (Å²) in [6.07, 6.45) is 0. The van der Waals surface area contributed by atoms with Crippen LogP contribution in [0.3, 0.4) is 0 Å². The van der Waals surface area contributed by atoms with E-state index in [2.05, 4.69) is 9.97 Å². The van der Waals surface area contributed by atoms with Crippen molar-refractivity contribution in [2.75, 3.05) is 0 Å². The number of halogens is 2. The van der Waals surface area contributed by atoms with Crippen LogP contribution in [-0.4, -0.2) is 15.1 Å². The Bertz CT molecular complexity index is 640. The van der Waals surface area contributed by atoms with Gasteiger partial charge in [-0.3, -0.25) is 4.79 Å². The summed E-state index contributed by atoms with van der Waals surface area (Å²) in [5.74, 6) is -0.760. The molecule has 0 bridgehead atoms. The van der Waals surface area contributed by atoms with Crippen LogP contribution in [0.2, 0.25) is 5.02 Å². The lowest BCUT2D eigenvalue weighted by Crippen LogP contribution is -2.12. The van der Waals surface area contributed by atoms with Crippen molar-refractivity contribution in [1.82, 2.24) is 9.97 Å². The van der Waals surface area contributed by atoms with Crippen molar-refractivity contribution in [2.24, 2.45) is 0 Å². The quantitative estimate of drug-likeness (QED) is 0.820. The van der Waals surface area contributed by atoms with Gasteiger partial charge in [-0.05, 0) is 25.1 Å². The van der Waals surface area contributed by atoms with E-state index >= 15 is 0 Å². The third-order valence-electron chi connectivity index (χ3n) is 2.31. The maximum Gasteiger partial charge on any atom is 0.257 e. The standard InChI is InChI=1S/C11H8ClFN2O2/c1-5-10(16)14-9(15-11(5)17)7-3-2-6(13)4-8(7)12/h2-4H,1H3,(H2,14,15,16,17). The minimum absolute atomic E-state index is 0.100. The van der Waals surface area contributed by atoms with Crippen LogP contribution in [0.5, 0.6) is 5.88 Å². The summed E-state index contributed by atoms with van der Waals surface area (Å²) < 4.78 is 12.9. The fourth-order valence-corrected chi connectivity index (χ4v) is 1.59. The highest BCUT2D eigenvalue weighted by Crippen LogP contribution is 2.26. The topological polar surface area (TPSA) is 66.0 Å². The molecule has 0 atom stereocenters. The van der Waals surface area contributed by atoms with E-state index in [0.717, 1.165) is 6.07 Å². The second-order valence-corrected chi connectivity index (χ2v) is 3.89. The van der Waals surface area contributed by atoms with Crippen molar-refractivity contribution >= 4 is 11.6 Å². The molecule has 0 fully saturated rings. The second-order valence-electron chi connectivity index (χ2n) is 3.49. The molecule has 0 amide bonds. The summed E-state index contributed by atoms with van der Waals surface area (Å²) in [4.78, 5) is 17.7. The van der Waals surface area contributed by atoms with Gasteiger partial charge in [-0.25, -0.2) is 4.39 Å². The number of hydrogen-bond acceptors (Lipinski definition) is 3. The zero-order valence-corrected chi connectivity index (χ0v) is 9.55. The fourth-order valence-electron chi connectivity index (χ4n) is 1.33. The maximum atomic E-state index is 12.9. The Labute approximate surface area is 101 Å². The van der Waals surface area contributed by atoms with E-state index in [1.807, 2.05) is 0 Å². The van der Waals surface area contributed by atoms with E-state index in [4.69, 9.17) is 11.6 Å². The average Bonchev–Trinajstić information content (AvgIpc) is 2.25. The van der Waals surface area contributed by atoms with E-state index < -0.39 is 11.4 Å². The van der Waals surface area contributed by atoms with Gasteiger partial charge in [0, 0.05) is 5.56 Å². The van der Waals surface area contributed by atoms with Crippen LogP contribution < -0.4 is 5.56 Å².